The third kappa shape index (κ3) is 2.47. The number of esters is 1. The molecule has 2 N–H and O–H groups in total. The Labute approximate surface area is 82.6 Å². The molecule has 0 fully saturated rings. The van der Waals surface area contributed by atoms with Gasteiger partial charge in [-0.3, -0.25) is 4.79 Å². The van der Waals surface area contributed by atoms with Gasteiger partial charge in [-0.05, 0) is 17.7 Å². The first kappa shape index (κ1) is 10.5. The normalized spacial score (nSPS) is 9.64. The zero-order chi connectivity index (χ0) is 10.6. The van der Waals surface area contributed by atoms with Crippen LogP contribution in [-0.4, -0.2) is 13.1 Å². The highest BCUT2D eigenvalue weighted by atomic mass is 16.6. The van der Waals surface area contributed by atoms with Crippen LogP contribution in [-0.2, 0) is 11.3 Å². The van der Waals surface area contributed by atoms with Gasteiger partial charge in [0.25, 0.3) is 0 Å². The molecule has 1 aromatic rings. The molecule has 0 aliphatic rings. The van der Waals surface area contributed by atoms with Crippen molar-refractivity contribution in [2.75, 3.05) is 7.11 Å². The Balaban J connectivity index is 2.98. The van der Waals surface area contributed by atoms with E-state index in [4.69, 9.17) is 15.2 Å². The molecule has 0 saturated heterocycles. The van der Waals surface area contributed by atoms with E-state index in [0.717, 1.165) is 5.56 Å². The Hall–Kier alpha value is -1.55. The van der Waals surface area contributed by atoms with Crippen molar-refractivity contribution < 1.29 is 14.3 Å². The number of methoxy groups -OCH3 is 1. The van der Waals surface area contributed by atoms with E-state index in [1.807, 2.05) is 0 Å². The molecule has 0 spiro atoms. The third-order valence-electron chi connectivity index (χ3n) is 1.72. The second-order valence-electron chi connectivity index (χ2n) is 2.78. The molecular weight excluding hydrogens is 182 g/mol. The molecular formula is C10H13NO3. The summed E-state index contributed by atoms with van der Waals surface area (Å²) in [5, 5.41) is 0. The van der Waals surface area contributed by atoms with E-state index in [1.54, 1.807) is 18.2 Å². The standard InChI is InChI=1S/C10H13NO3/c1-7(12)14-9-4-3-8(6-11)5-10(9)13-2/h3-5H,6,11H2,1-2H3. The molecule has 1 rings (SSSR count). The van der Waals surface area contributed by atoms with Crippen molar-refractivity contribution in [3.63, 3.8) is 0 Å². The Morgan fingerprint density at radius 1 is 1.43 bits per heavy atom. The van der Waals surface area contributed by atoms with Crippen LogP contribution in [0.5, 0.6) is 11.5 Å². The third-order valence-corrected chi connectivity index (χ3v) is 1.72. The zero-order valence-electron chi connectivity index (χ0n) is 8.24. The molecule has 0 aromatic heterocycles. The summed E-state index contributed by atoms with van der Waals surface area (Å²) in [4.78, 5) is 10.7. The van der Waals surface area contributed by atoms with E-state index >= 15 is 0 Å². The number of hydrogen-bond donors (Lipinski definition) is 1. The highest BCUT2D eigenvalue weighted by Crippen LogP contribution is 2.27. The van der Waals surface area contributed by atoms with Crippen molar-refractivity contribution in [1.29, 1.82) is 0 Å². The average molecular weight is 195 g/mol. The lowest BCUT2D eigenvalue weighted by Crippen LogP contribution is -2.04. The summed E-state index contributed by atoms with van der Waals surface area (Å²) in [6.07, 6.45) is 0. The summed E-state index contributed by atoms with van der Waals surface area (Å²) in [6.45, 7) is 1.77. The van der Waals surface area contributed by atoms with Gasteiger partial charge in [-0.2, -0.15) is 0 Å². The summed E-state index contributed by atoms with van der Waals surface area (Å²) >= 11 is 0. The van der Waals surface area contributed by atoms with Gasteiger partial charge in [0.2, 0.25) is 0 Å². The number of nitrogens with two attached hydrogens (primary N) is 1. The first-order valence-electron chi connectivity index (χ1n) is 4.22. The maximum absolute atomic E-state index is 10.7. The van der Waals surface area contributed by atoms with Gasteiger partial charge in [0.15, 0.2) is 11.5 Å². The Bertz CT molecular complexity index is 336. The maximum Gasteiger partial charge on any atom is 0.308 e. The lowest BCUT2D eigenvalue weighted by atomic mass is 10.2. The van der Waals surface area contributed by atoms with Gasteiger partial charge in [-0.15, -0.1) is 0 Å². The predicted molar refractivity (Wildman–Crippen MR) is 52.2 cm³/mol. The van der Waals surface area contributed by atoms with Crippen LogP contribution >= 0.6 is 0 Å². The van der Waals surface area contributed by atoms with Gasteiger partial charge in [0, 0.05) is 13.5 Å². The topological polar surface area (TPSA) is 61.6 Å². The second kappa shape index (κ2) is 4.62. The van der Waals surface area contributed by atoms with Gasteiger partial charge in [0.1, 0.15) is 0 Å². The van der Waals surface area contributed by atoms with Gasteiger partial charge in [0.05, 0.1) is 7.11 Å². The van der Waals surface area contributed by atoms with Crippen molar-refractivity contribution in [1.82, 2.24) is 0 Å². The number of rotatable bonds is 3. The van der Waals surface area contributed by atoms with Gasteiger partial charge < -0.3 is 15.2 Å². The zero-order valence-corrected chi connectivity index (χ0v) is 8.24. The lowest BCUT2D eigenvalue weighted by molar-refractivity contribution is -0.132. The van der Waals surface area contributed by atoms with Crippen molar-refractivity contribution in [3.05, 3.63) is 23.8 Å². The number of hydrogen-bond acceptors (Lipinski definition) is 4. The molecule has 0 saturated carbocycles. The minimum Gasteiger partial charge on any atom is -0.493 e. The Morgan fingerprint density at radius 3 is 2.64 bits per heavy atom. The summed E-state index contributed by atoms with van der Waals surface area (Å²) in [5.41, 5.74) is 6.39. The van der Waals surface area contributed by atoms with Crippen LogP contribution in [0.3, 0.4) is 0 Å². The van der Waals surface area contributed by atoms with Crippen LogP contribution in [0.25, 0.3) is 0 Å². The fourth-order valence-corrected chi connectivity index (χ4v) is 1.08. The molecule has 0 amide bonds. The monoisotopic (exact) mass is 195 g/mol. The molecule has 0 aliphatic heterocycles. The fraction of sp³-hybridized carbons (Fsp3) is 0.300. The van der Waals surface area contributed by atoms with Crippen molar-refractivity contribution in [3.8, 4) is 11.5 Å². The van der Waals surface area contributed by atoms with E-state index < -0.39 is 0 Å². The Kier molecular flexibility index (Phi) is 3.48. The summed E-state index contributed by atoms with van der Waals surface area (Å²) in [7, 11) is 1.52. The van der Waals surface area contributed by atoms with Crippen LogP contribution in [0.2, 0.25) is 0 Å². The van der Waals surface area contributed by atoms with Crippen LogP contribution in [0.1, 0.15) is 12.5 Å². The molecule has 0 aliphatic carbocycles. The van der Waals surface area contributed by atoms with E-state index in [0.29, 0.717) is 18.0 Å². The van der Waals surface area contributed by atoms with Crippen LogP contribution in [0.4, 0.5) is 0 Å². The van der Waals surface area contributed by atoms with Gasteiger partial charge in [-0.25, -0.2) is 0 Å². The first-order chi connectivity index (χ1) is 6.67. The highest BCUT2D eigenvalue weighted by Gasteiger charge is 2.06. The quantitative estimate of drug-likeness (QED) is 0.579. The summed E-state index contributed by atoms with van der Waals surface area (Å²) < 4.78 is 9.99. The molecule has 0 radical (unpaired) electrons. The molecule has 1 aromatic carbocycles. The molecule has 76 valence electrons. The molecule has 4 nitrogen and oxygen atoms in total. The largest absolute Gasteiger partial charge is 0.493 e. The van der Waals surface area contributed by atoms with Crippen LogP contribution in [0, 0.1) is 0 Å². The summed E-state index contributed by atoms with van der Waals surface area (Å²) in [5.74, 6) is 0.559. The average Bonchev–Trinajstić information content (AvgIpc) is 2.17. The fourth-order valence-electron chi connectivity index (χ4n) is 1.08. The number of benzene rings is 1. The molecule has 4 heteroatoms. The first-order valence-corrected chi connectivity index (χ1v) is 4.22. The molecule has 0 heterocycles. The SMILES string of the molecule is COc1cc(CN)ccc1OC(C)=O. The number of carbonyl (C=O) groups excluding carboxylic acids is 1. The molecule has 0 atom stereocenters. The van der Waals surface area contributed by atoms with E-state index in [-0.39, 0.29) is 5.97 Å². The molecule has 0 bridgehead atoms. The van der Waals surface area contributed by atoms with E-state index in [1.165, 1.54) is 14.0 Å². The molecule has 0 unspecified atom stereocenters. The summed E-state index contributed by atoms with van der Waals surface area (Å²) in [6, 6.07) is 5.21. The van der Waals surface area contributed by atoms with Gasteiger partial charge in [-0.1, -0.05) is 6.07 Å². The van der Waals surface area contributed by atoms with E-state index in [9.17, 15) is 4.79 Å². The molecule has 14 heavy (non-hydrogen) atoms. The number of carbonyl (C=O) groups is 1. The number of ether oxygens (including phenoxy) is 2. The van der Waals surface area contributed by atoms with E-state index in [2.05, 4.69) is 0 Å². The van der Waals surface area contributed by atoms with Crippen molar-refractivity contribution in [2.24, 2.45) is 5.73 Å². The second-order valence-corrected chi connectivity index (χ2v) is 2.78. The smallest absolute Gasteiger partial charge is 0.308 e. The minimum atomic E-state index is -0.371. The van der Waals surface area contributed by atoms with Crippen LogP contribution < -0.4 is 15.2 Å². The predicted octanol–water partition coefficient (Wildman–Crippen LogP) is 1.08. The Morgan fingerprint density at radius 2 is 2.14 bits per heavy atom. The minimum absolute atomic E-state index is 0.371. The maximum atomic E-state index is 10.7. The van der Waals surface area contributed by atoms with Crippen LogP contribution in [0.15, 0.2) is 18.2 Å². The van der Waals surface area contributed by atoms with Crippen molar-refractivity contribution in [2.45, 2.75) is 13.5 Å². The highest BCUT2D eigenvalue weighted by molar-refractivity contribution is 5.70. The lowest BCUT2D eigenvalue weighted by Gasteiger charge is -2.08. The van der Waals surface area contributed by atoms with Gasteiger partial charge >= 0.3 is 5.97 Å². The van der Waals surface area contributed by atoms with Crippen molar-refractivity contribution >= 4 is 5.97 Å².